The van der Waals surface area contributed by atoms with E-state index in [1.54, 1.807) is 24.3 Å². The molecular formula is C14H20N2O3. The number of carbonyl (C=O) groups excluding carboxylic acids is 1. The van der Waals surface area contributed by atoms with Crippen molar-refractivity contribution >= 4 is 17.6 Å². The van der Waals surface area contributed by atoms with Crippen LogP contribution in [0.4, 0.5) is 5.69 Å². The van der Waals surface area contributed by atoms with Crippen molar-refractivity contribution < 1.29 is 14.7 Å². The van der Waals surface area contributed by atoms with Crippen LogP contribution in [0.2, 0.25) is 0 Å². The number of nitrogens with one attached hydrogen (secondary N) is 1. The number of carboxylic acids is 1. The first-order chi connectivity index (χ1) is 8.78. The Kier molecular flexibility index (Phi) is 5.06. The zero-order valence-electron chi connectivity index (χ0n) is 11.3. The van der Waals surface area contributed by atoms with Crippen molar-refractivity contribution in [1.82, 2.24) is 0 Å². The first-order valence-electron chi connectivity index (χ1n) is 6.16. The van der Waals surface area contributed by atoms with E-state index >= 15 is 0 Å². The molecule has 0 bridgehead atoms. The molecule has 0 aliphatic carbocycles. The minimum atomic E-state index is -0.926. The van der Waals surface area contributed by atoms with Crippen LogP contribution in [0.15, 0.2) is 24.3 Å². The quantitative estimate of drug-likeness (QED) is 0.730. The molecule has 4 N–H and O–H groups in total. The summed E-state index contributed by atoms with van der Waals surface area (Å²) in [5, 5.41) is 11.5. The van der Waals surface area contributed by atoms with Gasteiger partial charge in [-0.1, -0.05) is 18.2 Å². The summed E-state index contributed by atoms with van der Waals surface area (Å²) in [5.41, 5.74) is 6.56. The van der Waals surface area contributed by atoms with Gasteiger partial charge >= 0.3 is 5.97 Å². The highest BCUT2D eigenvalue weighted by Crippen LogP contribution is 2.17. The monoisotopic (exact) mass is 264 g/mol. The van der Waals surface area contributed by atoms with E-state index in [0.717, 1.165) is 0 Å². The minimum Gasteiger partial charge on any atom is -0.481 e. The van der Waals surface area contributed by atoms with Crippen LogP contribution in [0.1, 0.15) is 32.3 Å². The highest BCUT2D eigenvalue weighted by atomic mass is 16.4. The van der Waals surface area contributed by atoms with E-state index < -0.39 is 11.5 Å². The number of benzene rings is 1. The Labute approximate surface area is 112 Å². The predicted molar refractivity (Wildman–Crippen MR) is 73.9 cm³/mol. The van der Waals surface area contributed by atoms with Crippen LogP contribution in [0.3, 0.4) is 0 Å². The molecule has 5 nitrogen and oxygen atoms in total. The van der Waals surface area contributed by atoms with E-state index in [1.165, 1.54) is 0 Å². The van der Waals surface area contributed by atoms with Gasteiger partial charge in [0.1, 0.15) is 0 Å². The maximum absolute atomic E-state index is 11.8. The van der Waals surface area contributed by atoms with Crippen LogP contribution in [0.5, 0.6) is 0 Å². The molecule has 1 amide bonds. The van der Waals surface area contributed by atoms with E-state index in [1.807, 2.05) is 13.8 Å². The van der Waals surface area contributed by atoms with Gasteiger partial charge in [-0.15, -0.1) is 0 Å². The molecule has 0 aliphatic heterocycles. The molecule has 0 aromatic heterocycles. The Hall–Kier alpha value is -1.88. The SMILES string of the molecule is CC(C)(N)CCC(=O)Nc1ccccc1CC(=O)O. The van der Waals surface area contributed by atoms with Crippen molar-refractivity contribution in [2.75, 3.05) is 5.32 Å². The molecule has 104 valence electrons. The fourth-order valence-corrected chi connectivity index (χ4v) is 1.61. The maximum atomic E-state index is 11.8. The van der Waals surface area contributed by atoms with Gasteiger partial charge in [-0.25, -0.2) is 0 Å². The Bertz CT molecular complexity index is 464. The second-order valence-electron chi connectivity index (χ2n) is 5.26. The van der Waals surface area contributed by atoms with Crippen molar-refractivity contribution in [3.63, 3.8) is 0 Å². The van der Waals surface area contributed by atoms with Crippen LogP contribution in [0, 0.1) is 0 Å². The number of carbonyl (C=O) groups is 2. The third-order valence-electron chi connectivity index (χ3n) is 2.63. The summed E-state index contributed by atoms with van der Waals surface area (Å²) in [7, 11) is 0. The molecule has 1 aromatic carbocycles. The lowest BCUT2D eigenvalue weighted by Crippen LogP contribution is -2.33. The Morgan fingerprint density at radius 2 is 1.95 bits per heavy atom. The molecule has 0 saturated heterocycles. The molecule has 0 atom stereocenters. The van der Waals surface area contributed by atoms with Gasteiger partial charge in [0.05, 0.1) is 6.42 Å². The Morgan fingerprint density at radius 1 is 1.32 bits per heavy atom. The zero-order valence-corrected chi connectivity index (χ0v) is 11.3. The number of amides is 1. The van der Waals surface area contributed by atoms with E-state index in [9.17, 15) is 9.59 Å². The average molecular weight is 264 g/mol. The number of para-hydroxylation sites is 1. The average Bonchev–Trinajstić information content (AvgIpc) is 2.27. The predicted octanol–water partition coefficient (Wildman–Crippen LogP) is 1.77. The topological polar surface area (TPSA) is 92.4 Å². The molecule has 0 unspecified atom stereocenters. The second kappa shape index (κ2) is 6.33. The first kappa shape index (κ1) is 15.2. The third kappa shape index (κ3) is 6.01. The summed E-state index contributed by atoms with van der Waals surface area (Å²) < 4.78 is 0. The Balaban J connectivity index is 2.66. The fourth-order valence-electron chi connectivity index (χ4n) is 1.61. The van der Waals surface area contributed by atoms with Crippen molar-refractivity contribution in [1.29, 1.82) is 0 Å². The summed E-state index contributed by atoms with van der Waals surface area (Å²) in [6.07, 6.45) is 0.768. The van der Waals surface area contributed by atoms with E-state index in [-0.39, 0.29) is 12.3 Å². The van der Waals surface area contributed by atoms with Gasteiger partial charge in [0.25, 0.3) is 0 Å². The van der Waals surface area contributed by atoms with Crippen molar-refractivity contribution in [2.45, 2.75) is 38.6 Å². The number of hydrogen-bond donors (Lipinski definition) is 3. The van der Waals surface area contributed by atoms with Gasteiger partial charge in [-0.05, 0) is 31.9 Å². The van der Waals surface area contributed by atoms with Crippen LogP contribution < -0.4 is 11.1 Å². The summed E-state index contributed by atoms with van der Waals surface area (Å²) in [5.74, 6) is -1.08. The molecule has 0 saturated carbocycles. The minimum absolute atomic E-state index is 0.112. The number of aliphatic carboxylic acids is 1. The molecule has 1 aromatic rings. The van der Waals surface area contributed by atoms with Crippen LogP contribution >= 0.6 is 0 Å². The van der Waals surface area contributed by atoms with Gasteiger partial charge in [0, 0.05) is 17.6 Å². The van der Waals surface area contributed by atoms with Crippen LogP contribution in [-0.4, -0.2) is 22.5 Å². The molecule has 0 aliphatic rings. The maximum Gasteiger partial charge on any atom is 0.307 e. The number of rotatable bonds is 6. The molecule has 0 heterocycles. The standard InChI is InChI=1S/C14H20N2O3/c1-14(2,15)8-7-12(17)16-11-6-4-3-5-10(11)9-13(18)19/h3-6H,7-9,15H2,1-2H3,(H,16,17)(H,18,19). The normalized spacial score (nSPS) is 11.1. The molecule has 0 radical (unpaired) electrons. The van der Waals surface area contributed by atoms with Crippen molar-refractivity contribution in [2.24, 2.45) is 5.73 Å². The van der Waals surface area contributed by atoms with E-state index in [0.29, 0.717) is 24.1 Å². The molecule has 0 spiro atoms. The zero-order chi connectivity index (χ0) is 14.5. The van der Waals surface area contributed by atoms with Crippen molar-refractivity contribution in [3.8, 4) is 0 Å². The third-order valence-corrected chi connectivity index (χ3v) is 2.63. The smallest absolute Gasteiger partial charge is 0.307 e. The second-order valence-corrected chi connectivity index (χ2v) is 5.26. The Morgan fingerprint density at radius 3 is 2.53 bits per heavy atom. The lowest BCUT2D eigenvalue weighted by molar-refractivity contribution is -0.136. The van der Waals surface area contributed by atoms with Gasteiger partial charge in [0.15, 0.2) is 0 Å². The summed E-state index contributed by atoms with van der Waals surface area (Å²) in [6.45, 7) is 3.72. The number of anilines is 1. The van der Waals surface area contributed by atoms with E-state index in [4.69, 9.17) is 10.8 Å². The van der Waals surface area contributed by atoms with Crippen LogP contribution in [-0.2, 0) is 16.0 Å². The molecule has 1 rings (SSSR count). The van der Waals surface area contributed by atoms with Crippen LogP contribution in [0.25, 0.3) is 0 Å². The molecule has 5 heteroatoms. The number of hydrogen-bond acceptors (Lipinski definition) is 3. The van der Waals surface area contributed by atoms with Crippen molar-refractivity contribution in [3.05, 3.63) is 29.8 Å². The summed E-state index contributed by atoms with van der Waals surface area (Å²) >= 11 is 0. The lowest BCUT2D eigenvalue weighted by Gasteiger charge is -2.18. The van der Waals surface area contributed by atoms with E-state index in [2.05, 4.69) is 5.32 Å². The van der Waals surface area contributed by atoms with Gasteiger partial charge in [0.2, 0.25) is 5.91 Å². The lowest BCUT2D eigenvalue weighted by atomic mass is 10.00. The van der Waals surface area contributed by atoms with Gasteiger partial charge < -0.3 is 16.2 Å². The van der Waals surface area contributed by atoms with Gasteiger partial charge in [-0.2, -0.15) is 0 Å². The first-order valence-corrected chi connectivity index (χ1v) is 6.16. The summed E-state index contributed by atoms with van der Waals surface area (Å²) in [4.78, 5) is 22.5. The number of nitrogens with two attached hydrogens (primary N) is 1. The fraction of sp³-hybridized carbons (Fsp3) is 0.429. The highest BCUT2D eigenvalue weighted by Gasteiger charge is 2.14. The largest absolute Gasteiger partial charge is 0.481 e. The number of carboxylic acid groups (broad SMARTS) is 1. The molecule has 0 fully saturated rings. The van der Waals surface area contributed by atoms with Gasteiger partial charge in [-0.3, -0.25) is 9.59 Å². The summed E-state index contributed by atoms with van der Waals surface area (Å²) in [6, 6.07) is 6.89. The molecular weight excluding hydrogens is 244 g/mol. The highest BCUT2D eigenvalue weighted by molar-refractivity contribution is 5.92. The molecule has 19 heavy (non-hydrogen) atoms.